The van der Waals surface area contributed by atoms with Crippen molar-refractivity contribution in [3.8, 4) is 0 Å². The van der Waals surface area contributed by atoms with Crippen LogP contribution in [-0.4, -0.2) is 0 Å². The lowest BCUT2D eigenvalue weighted by Crippen LogP contribution is -1.99. The average molecular weight is 236 g/mol. The summed E-state index contributed by atoms with van der Waals surface area (Å²) in [5, 5.41) is 0.692. The Balaban J connectivity index is 2.90. The van der Waals surface area contributed by atoms with Crippen molar-refractivity contribution in [2.75, 3.05) is 0 Å². The molecule has 0 radical (unpaired) electrons. The van der Waals surface area contributed by atoms with Gasteiger partial charge >= 0.3 is 0 Å². The Bertz CT molecular complexity index is 254. The molecule has 0 atom stereocenters. The van der Waals surface area contributed by atoms with E-state index in [1.54, 1.807) is 12.1 Å². The van der Waals surface area contributed by atoms with E-state index in [1.807, 2.05) is 6.07 Å². The molecular formula is C7H7BrClNO. The molecule has 60 valence electrons. The van der Waals surface area contributed by atoms with Crippen molar-refractivity contribution in [3.05, 3.63) is 33.3 Å². The Morgan fingerprint density at radius 3 is 2.82 bits per heavy atom. The zero-order valence-corrected chi connectivity index (χ0v) is 8.02. The zero-order chi connectivity index (χ0) is 8.27. The lowest BCUT2D eigenvalue weighted by atomic mass is 10.2. The lowest BCUT2D eigenvalue weighted by Gasteiger charge is -2.01. The molecule has 2 N–H and O–H groups in total. The highest BCUT2D eigenvalue weighted by Gasteiger charge is 1.98. The van der Waals surface area contributed by atoms with E-state index < -0.39 is 0 Å². The van der Waals surface area contributed by atoms with Crippen LogP contribution in [0.5, 0.6) is 0 Å². The van der Waals surface area contributed by atoms with Gasteiger partial charge in [-0.1, -0.05) is 33.6 Å². The molecule has 0 amide bonds. The fourth-order valence-corrected chi connectivity index (χ4v) is 1.53. The zero-order valence-electron chi connectivity index (χ0n) is 5.68. The summed E-state index contributed by atoms with van der Waals surface area (Å²) in [5.41, 5.74) is 0.983. The van der Waals surface area contributed by atoms with E-state index >= 15 is 0 Å². The first-order valence-corrected chi connectivity index (χ1v) is 4.16. The molecule has 0 aromatic heterocycles. The number of rotatable bonds is 2. The van der Waals surface area contributed by atoms with Crippen LogP contribution in [-0.2, 0) is 11.4 Å². The number of halogens is 2. The Morgan fingerprint density at radius 1 is 1.55 bits per heavy atom. The second-order valence-corrected chi connectivity index (χ2v) is 3.34. The largest absolute Gasteiger partial charge is 0.300 e. The molecule has 1 aromatic carbocycles. The van der Waals surface area contributed by atoms with Gasteiger partial charge in [0.2, 0.25) is 0 Å². The van der Waals surface area contributed by atoms with Crippen molar-refractivity contribution in [1.82, 2.24) is 0 Å². The van der Waals surface area contributed by atoms with Crippen molar-refractivity contribution in [2.24, 2.45) is 5.90 Å². The van der Waals surface area contributed by atoms with Crippen molar-refractivity contribution in [1.29, 1.82) is 0 Å². The van der Waals surface area contributed by atoms with Crippen molar-refractivity contribution in [3.63, 3.8) is 0 Å². The molecule has 0 bridgehead atoms. The summed E-state index contributed by atoms with van der Waals surface area (Å²) in [6.07, 6.45) is 0. The second kappa shape index (κ2) is 4.07. The molecule has 1 rings (SSSR count). The van der Waals surface area contributed by atoms with Crippen LogP contribution >= 0.6 is 27.5 Å². The van der Waals surface area contributed by atoms with Gasteiger partial charge in [0, 0.05) is 9.50 Å². The maximum absolute atomic E-state index is 5.72. The minimum Gasteiger partial charge on any atom is -0.300 e. The topological polar surface area (TPSA) is 35.2 Å². The smallest absolute Gasteiger partial charge is 0.0940 e. The molecule has 0 aliphatic rings. The molecule has 11 heavy (non-hydrogen) atoms. The Hall–Kier alpha value is -0.0900. The van der Waals surface area contributed by atoms with Gasteiger partial charge < -0.3 is 0 Å². The average Bonchev–Trinajstić information content (AvgIpc) is 1.95. The van der Waals surface area contributed by atoms with Gasteiger partial charge in [0.1, 0.15) is 0 Å². The SMILES string of the molecule is NOCc1ccc(Cl)cc1Br. The highest BCUT2D eigenvalue weighted by molar-refractivity contribution is 9.10. The molecule has 0 unspecified atom stereocenters. The predicted octanol–water partition coefficient (Wildman–Crippen LogP) is 2.49. The highest BCUT2D eigenvalue weighted by atomic mass is 79.9. The molecule has 0 saturated carbocycles. The first-order valence-electron chi connectivity index (χ1n) is 2.99. The Labute approximate surface area is 78.4 Å². The van der Waals surface area contributed by atoms with Crippen molar-refractivity contribution in [2.45, 2.75) is 6.61 Å². The maximum Gasteiger partial charge on any atom is 0.0940 e. The highest BCUT2D eigenvalue weighted by Crippen LogP contribution is 2.21. The third kappa shape index (κ3) is 2.45. The first-order chi connectivity index (χ1) is 5.24. The third-order valence-corrected chi connectivity index (χ3v) is 2.23. The van der Waals surface area contributed by atoms with Gasteiger partial charge in [0.15, 0.2) is 0 Å². The summed E-state index contributed by atoms with van der Waals surface area (Å²) < 4.78 is 0.912. The van der Waals surface area contributed by atoms with Gasteiger partial charge in [-0.3, -0.25) is 4.84 Å². The number of hydrogen-bond donors (Lipinski definition) is 1. The van der Waals surface area contributed by atoms with Crippen LogP contribution in [0.3, 0.4) is 0 Å². The summed E-state index contributed by atoms with van der Waals surface area (Å²) in [6, 6.07) is 5.45. The molecule has 1 aromatic rings. The molecule has 0 spiro atoms. The van der Waals surface area contributed by atoms with Gasteiger partial charge in [-0.15, -0.1) is 0 Å². The number of benzene rings is 1. The van der Waals surface area contributed by atoms with Crippen molar-refractivity contribution < 1.29 is 4.84 Å². The summed E-state index contributed by atoms with van der Waals surface area (Å²) in [4.78, 5) is 4.48. The van der Waals surface area contributed by atoms with Crippen LogP contribution in [0, 0.1) is 0 Å². The van der Waals surface area contributed by atoms with Crippen LogP contribution < -0.4 is 5.90 Å². The third-order valence-electron chi connectivity index (χ3n) is 1.25. The Morgan fingerprint density at radius 2 is 2.27 bits per heavy atom. The molecule has 4 heteroatoms. The van der Waals surface area contributed by atoms with Gasteiger partial charge in [-0.25, -0.2) is 5.90 Å². The molecule has 0 aliphatic heterocycles. The second-order valence-electron chi connectivity index (χ2n) is 2.05. The van der Waals surface area contributed by atoms with Gasteiger partial charge in [0.25, 0.3) is 0 Å². The van der Waals surface area contributed by atoms with E-state index in [0.717, 1.165) is 10.0 Å². The minimum atomic E-state index is 0.387. The molecule has 0 aliphatic carbocycles. The fraction of sp³-hybridized carbons (Fsp3) is 0.143. The van der Waals surface area contributed by atoms with E-state index in [9.17, 15) is 0 Å². The van der Waals surface area contributed by atoms with Crippen LogP contribution in [0.2, 0.25) is 5.02 Å². The van der Waals surface area contributed by atoms with Gasteiger partial charge in [0.05, 0.1) is 6.61 Å². The van der Waals surface area contributed by atoms with E-state index in [0.29, 0.717) is 11.6 Å². The summed E-state index contributed by atoms with van der Waals surface area (Å²) >= 11 is 9.04. The summed E-state index contributed by atoms with van der Waals surface area (Å²) in [5.74, 6) is 4.91. The molecular weight excluding hydrogens is 229 g/mol. The van der Waals surface area contributed by atoms with Crippen molar-refractivity contribution >= 4 is 27.5 Å². The monoisotopic (exact) mass is 235 g/mol. The van der Waals surface area contributed by atoms with Gasteiger partial charge in [-0.2, -0.15) is 0 Å². The molecule has 0 saturated heterocycles. The number of nitrogens with two attached hydrogens (primary N) is 1. The van der Waals surface area contributed by atoms with Crippen LogP contribution in [0.25, 0.3) is 0 Å². The van der Waals surface area contributed by atoms with Crippen LogP contribution in [0.1, 0.15) is 5.56 Å². The first kappa shape index (κ1) is 9.00. The van der Waals surface area contributed by atoms with E-state index in [1.165, 1.54) is 0 Å². The lowest BCUT2D eigenvalue weighted by molar-refractivity contribution is 0.123. The molecule has 0 heterocycles. The number of hydrogen-bond acceptors (Lipinski definition) is 2. The predicted molar refractivity (Wildman–Crippen MR) is 48.1 cm³/mol. The quantitative estimate of drug-likeness (QED) is 0.801. The van der Waals surface area contributed by atoms with E-state index in [4.69, 9.17) is 17.5 Å². The van der Waals surface area contributed by atoms with E-state index in [-0.39, 0.29) is 0 Å². The normalized spacial score (nSPS) is 10.1. The molecule has 2 nitrogen and oxygen atoms in total. The van der Waals surface area contributed by atoms with Gasteiger partial charge in [-0.05, 0) is 17.7 Å². The summed E-state index contributed by atoms with van der Waals surface area (Å²) in [6.45, 7) is 0.387. The molecule has 0 fully saturated rings. The Kier molecular flexibility index (Phi) is 3.33. The van der Waals surface area contributed by atoms with E-state index in [2.05, 4.69) is 20.8 Å². The maximum atomic E-state index is 5.72. The standard InChI is InChI=1S/C7H7BrClNO/c8-7-3-6(9)2-1-5(7)4-11-10/h1-3H,4,10H2. The minimum absolute atomic E-state index is 0.387. The fourth-order valence-electron chi connectivity index (χ4n) is 0.729. The van der Waals surface area contributed by atoms with Crippen LogP contribution in [0.4, 0.5) is 0 Å². The summed E-state index contributed by atoms with van der Waals surface area (Å²) in [7, 11) is 0. The van der Waals surface area contributed by atoms with Crippen LogP contribution in [0.15, 0.2) is 22.7 Å².